The first-order valence-electron chi connectivity index (χ1n) is 7.36. The normalized spacial score (nSPS) is 17.3. The molecule has 0 bridgehead atoms. The number of carbonyl (C=O) groups is 2. The molecular formula is C17H18N2O3S. The Hall–Kier alpha value is -2.21. The van der Waals surface area contributed by atoms with E-state index in [9.17, 15) is 9.59 Å². The molecule has 1 aromatic heterocycles. The molecule has 1 saturated heterocycles. The quantitative estimate of drug-likeness (QED) is 0.939. The van der Waals surface area contributed by atoms with Gasteiger partial charge in [-0.25, -0.2) is 0 Å². The highest BCUT2D eigenvalue weighted by Gasteiger charge is 2.36. The van der Waals surface area contributed by atoms with Gasteiger partial charge in [0.25, 0.3) is 5.91 Å². The fraction of sp³-hybridized carbons (Fsp3) is 0.294. The molecule has 1 aliphatic rings. The van der Waals surface area contributed by atoms with Crippen molar-refractivity contribution in [1.29, 1.82) is 0 Å². The van der Waals surface area contributed by atoms with Crippen molar-refractivity contribution in [3.8, 4) is 0 Å². The van der Waals surface area contributed by atoms with Crippen molar-refractivity contribution in [2.75, 3.05) is 16.9 Å². The van der Waals surface area contributed by atoms with Crippen LogP contribution in [0.4, 0.5) is 5.69 Å². The molecule has 2 heterocycles. The summed E-state index contributed by atoms with van der Waals surface area (Å²) in [6.45, 7) is 3.72. The Morgan fingerprint density at radius 3 is 2.83 bits per heavy atom. The van der Waals surface area contributed by atoms with Gasteiger partial charge in [-0.1, -0.05) is 12.1 Å². The molecule has 0 saturated carbocycles. The lowest BCUT2D eigenvalue weighted by molar-refractivity contribution is -0.119. The van der Waals surface area contributed by atoms with Gasteiger partial charge in [0.1, 0.15) is 11.8 Å². The second kappa shape index (κ2) is 6.50. The molecule has 0 unspecified atom stereocenters. The summed E-state index contributed by atoms with van der Waals surface area (Å²) in [4.78, 5) is 26.8. The number of furan rings is 1. The van der Waals surface area contributed by atoms with E-state index in [1.807, 2.05) is 31.2 Å². The van der Waals surface area contributed by atoms with Crippen molar-refractivity contribution in [2.24, 2.45) is 0 Å². The lowest BCUT2D eigenvalue weighted by Crippen LogP contribution is -2.44. The first-order valence-corrected chi connectivity index (χ1v) is 8.52. The Balaban J connectivity index is 1.75. The number of rotatable bonds is 3. The molecule has 1 atom stereocenters. The summed E-state index contributed by atoms with van der Waals surface area (Å²) in [6, 6.07) is 8.80. The maximum atomic E-state index is 12.6. The summed E-state index contributed by atoms with van der Waals surface area (Å²) < 4.78 is 5.19. The summed E-state index contributed by atoms with van der Waals surface area (Å²) in [6.07, 6.45) is 1.49. The van der Waals surface area contributed by atoms with E-state index in [-0.39, 0.29) is 11.8 Å². The number of aryl methyl sites for hydroxylation is 2. The minimum atomic E-state index is -0.470. The van der Waals surface area contributed by atoms with Gasteiger partial charge in [0.05, 0.1) is 17.7 Å². The SMILES string of the molecule is Cc1cccc(NC(=O)[C@H]2CSCN2C(=O)c2ccoc2C)c1. The third-order valence-electron chi connectivity index (χ3n) is 3.82. The zero-order chi connectivity index (χ0) is 16.4. The second-order valence-corrected chi connectivity index (χ2v) is 6.54. The van der Waals surface area contributed by atoms with E-state index in [1.165, 1.54) is 6.26 Å². The monoisotopic (exact) mass is 330 g/mol. The van der Waals surface area contributed by atoms with Crippen LogP contribution in [0.1, 0.15) is 21.7 Å². The highest BCUT2D eigenvalue weighted by atomic mass is 32.2. The largest absolute Gasteiger partial charge is 0.469 e. The second-order valence-electron chi connectivity index (χ2n) is 5.54. The van der Waals surface area contributed by atoms with E-state index < -0.39 is 6.04 Å². The molecular weight excluding hydrogens is 312 g/mol. The lowest BCUT2D eigenvalue weighted by Gasteiger charge is -2.23. The van der Waals surface area contributed by atoms with Gasteiger partial charge in [-0.05, 0) is 37.6 Å². The van der Waals surface area contributed by atoms with Crippen LogP contribution in [0, 0.1) is 13.8 Å². The fourth-order valence-corrected chi connectivity index (χ4v) is 3.72. The van der Waals surface area contributed by atoms with E-state index >= 15 is 0 Å². The van der Waals surface area contributed by atoms with Gasteiger partial charge < -0.3 is 14.6 Å². The molecule has 0 radical (unpaired) electrons. The third kappa shape index (κ3) is 3.27. The molecule has 2 aromatic rings. The maximum Gasteiger partial charge on any atom is 0.258 e. The van der Waals surface area contributed by atoms with Crippen molar-refractivity contribution in [3.05, 3.63) is 53.5 Å². The first-order chi connectivity index (χ1) is 11.1. The average molecular weight is 330 g/mol. The van der Waals surface area contributed by atoms with Crippen molar-refractivity contribution in [2.45, 2.75) is 19.9 Å². The Morgan fingerprint density at radius 2 is 2.13 bits per heavy atom. The summed E-state index contributed by atoms with van der Waals surface area (Å²) in [5.74, 6) is 1.36. The minimum Gasteiger partial charge on any atom is -0.469 e. The maximum absolute atomic E-state index is 12.6. The Kier molecular flexibility index (Phi) is 4.43. The molecule has 2 amide bonds. The van der Waals surface area contributed by atoms with Crippen LogP contribution in [0.3, 0.4) is 0 Å². The van der Waals surface area contributed by atoms with E-state index in [1.54, 1.807) is 29.7 Å². The molecule has 0 aliphatic carbocycles. The number of thioether (sulfide) groups is 1. The molecule has 6 heteroatoms. The molecule has 5 nitrogen and oxygen atoms in total. The van der Waals surface area contributed by atoms with E-state index in [4.69, 9.17) is 4.42 Å². The van der Waals surface area contributed by atoms with Crippen LogP contribution >= 0.6 is 11.8 Å². The summed E-state index contributed by atoms with van der Waals surface area (Å²) in [5.41, 5.74) is 2.34. The Labute approximate surface area is 139 Å². The molecule has 23 heavy (non-hydrogen) atoms. The van der Waals surface area contributed by atoms with Gasteiger partial charge in [-0.15, -0.1) is 11.8 Å². The number of carbonyl (C=O) groups excluding carboxylic acids is 2. The number of anilines is 1. The fourth-order valence-electron chi connectivity index (χ4n) is 2.57. The highest BCUT2D eigenvalue weighted by molar-refractivity contribution is 7.99. The van der Waals surface area contributed by atoms with E-state index in [2.05, 4.69) is 5.32 Å². The van der Waals surface area contributed by atoms with Crippen LogP contribution in [0.15, 0.2) is 41.0 Å². The first kappa shape index (κ1) is 15.7. The Bertz CT molecular complexity index is 741. The molecule has 1 N–H and O–H groups in total. The molecule has 3 rings (SSSR count). The van der Waals surface area contributed by atoms with Gasteiger partial charge >= 0.3 is 0 Å². The Morgan fingerprint density at radius 1 is 1.30 bits per heavy atom. The van der Waals surface area contributed by atoms with E-state index in [0.29, 0.717) is 23.0 Å². The number of hydrogen-bond donors (Lipinski definition) is 1. The van der Waals surface area contributed by atoms with Crippen LogP contribution in [-0.2, 0) is 4.79 Å². The number of nitrogens with zero attached hydrogens (tertiary/aromatic N) is 1. The van der Waals surface area contributed by atoms with Crippen molar-refractivity contribution in [1.82, 2.24) is 4.90 Å². The molecule has 120 valence electrons. The standard InChI is InChI=1S/C17H18N2O3S/c1-11-4-3-5-13(8-11)18-16(20)15-9-23-10-19(15)17(21)14-6-7-22-12(14)2/h3-8,15H,9-10H2,1-2H3,(H,18,20)/t15-/m1/s1. The topological polar surface area (TPSA) is 62.6 Å². The van der Waals surface area contributed by atoms with Crippen LogP contribution < -0.4 is 5.32 Å². The van der Waals surface area contributed by atoms with Crippen LogP contribution in [0.2, 0.25) is 0 Å². The van der Waals surface area contributed by atoms with Crippen molar-refractivity contribution < 1.29 is 14.0 Å². The van der Waals surface area contributed by atoms with Crippen LogP contribution in [-0.4, -0.2) is 34.4 Å². The lowest BCUT2D eigenvalue weighted by atomic mass is 10.2. The molecule has 1 aliphatic heterocycles. The van der Waals surface area contributed by atoms with Crippen LogP contribution in [0.25, 0.3) is 0 Å². The van der Waals surface area contributed by atoms with Gasteiger partial charge in [0.2, 0.25) is 5.91 Å². The van der Waals surface area contributed by atoms with E-state index in [0.717, 1.165) is 11.3 Å². The minimum absolute atomic E-state index is 0.157. The third-order valence-corrected chi connectivity index (χ3v) is 4.83. The predicted octanol–water partition coefficient (Wildman–Crippen LogP) is 3.05. The van der Waals surface area contributed by atoms with Crippen LogP contribution in [0.5, 0.6) is 0 Å². The van der Waals surface area contributed by atoms with Gasteiger partial charge in [-0.3, -0.25) is 9.59 Å². The smallest absolute Gasteiger partial charge is 0.258 e. The summed E-state index contributed by atoms with van der Waals surface area (Å²) in [5, 5.41) is 2.90. The molecule has 1 fully saturated rings. The number of amides is 2. The van der Waals surface area contributed by atoms with Gasteiger partial charge in [0.15, 0.2) is 0 Å². The number of hydrogen-bond acceptors (Lipinski definition) is 4. The zero-order valence-corrected chi connectivity index (χ0v) is 13.9. The number of benzene rings is 1. The highest BCUT2D eigenvalue weighted by Crippen LogP contribution is 2.25. The molecule has 0 spiro atoms. The molecule has 1 aromatic carbocycles. The summed E-state index contributed by atoms with van der Waals surface area (Å²) >= 11 is 1.58. The van der Waals surface area contributed by atoms with Crippen molar-refractivity contribution >= 4 is 29.3 Å². The average Bonchev–Trinajstić information content (AvgIpc) is 3.15. The van der Waals surface area contributed by atoms with Crippen molar-refractivity contribution in [3.63, 3.8) is 0 Å². The number of nitrogens with one attached hydrogen (secondary N) is 1. The van der Waals surface area contributed by atoms with Gasteiger partial charge in [-0.2, -0.15) is 0 Å². The summed E-state index contributed by atoms with van der Waals surface area (Å²) in [7, 11) is 0. The predicted molar refractivity (Wildman–Crippen MR) is 90.5 cm³/mol. The van der Waals surface area contributed by atoms with Gasteiger partial charge in [0, 0.05) is 11.4 Å². The zero-order valence-electron chi connectivity index (χ0n) is 13.0.